The topological polar surface area (TPSA) is 38.1 Å². The van der Waals surface area contributed by atoms with Crippen molar-refractivity contribution in [2.45, 2.75) is 25.3 Å². The van der Waals surface area contributed by atoms with Crippen molar-refractivity contribution in [3.05, 3.63) is 81.8 Å². The van der Waals surface area contributed by atoms with Crippen molar-refractivity contribution in [2.24, 2.45) is 0 Å². The Morgan fingerprint density at radius 2 is 2.00 bits per heavy atom. The zero-order valence-electron chi connectivity index (χ0n) is 14.9. The number of benzene rings is 2. The molecular formula is C21H19BrFN3O. The lowest BCUT2D eigenvalue weighted by Crippen LogP contribution is -2.27. The molecule has 1 aromatic heterocycles. The van der Waals surface area contributed by atoms with Crippen molar-refractivity contribution < 1.29 is 9.18 Å². The molecule has 4 rings (SSSR count). The van der Waals surface area contributed by atoms with Crippen LogP contribution < -0.4 is 0 Å². The van der Waals surface area contributed by atoms with Gasteiger partial charge in [-0.2, -0.15) is 5.10 Å². The molecule has 0 N–H and O–H groups in total. The van der Waals surface area contributed by atoms with Crippen LogP contribution in [0, 0.1) is 5.82 Å². The SMILES string of the molecule is CN(Cc1cc(Br)ccc1F)C(=O)c1cnn(-c2ccccc2)c1C1CC1. The van der Waals surface area contributed by atoms with Crippen LogP contribution >= 0.6 is 15.9 Å². The normalized spacial score (nSPS) is 13.6. The van der Waals surface area contributed by atoms with Crippen LogP contribution in [-0.2, 0) is 6.54 Å². The van der Waals surface area contributed by atoms with Crippen LogP contribution in [0.5, 0.6) is 0 Å². The molecule has 138 valence electrons. The van der Waals surface area contributed by atoms with Gasteiger partial charge in [-0.3, -0.25) is 4.79 Å². The van der Waals surface area contributed by atoms with Crippen LogP contribution in [0.25, 0.3) is 5.69 Å². The third-order valence-electron chi connectivity index (χ3n) is 4.76. The zero-order chi connectivity index (χ0) is 19.0. The predicted octanol–water partition coefficient (Wildman–Crippen LogP) is 4.92. The van der Waals surface area contributed by atoms with Crippen molar-refractivity contribution in [3.63, 3.8) is 0 Å². The lowest BCUT2D eigenvalue weighted by molar-refractivity contribution is 0.0782. The number of hydrogen-bond donors (Lipinski definition) is 0. The molecule has 0 radical (unpaired) electrons. The summed E-state index contributed by atoms with van der Waals surface area (Å²) in [6.07, 6.45) is 3.75. The number of hydrogen-bond acceptors (Lipinski definition) is 2. The van der Waals surface area contributed by atoms with Gasteiger partial charge >= 0.3 is 0 Å². The smallest absolute Gasteiger partial charge is 0.257 e. The Morgan fingerprint density at radius 1 is 1.26 bits per heavy atom. The molecule has 0 aliphatic heterocycles. The van der Waals surface area contributed by atoms with E-state index < -0.39 is 0 Å². The molecule has 1 amide bonds. The molecule has 4 nitrogen and oxygen atoms in total. The Hall–Kier alpha value is -2.47. The van der Waals surface area contributed by atoms with Crippen LogP contribution in [0.2, 0.25) is 0 Å². The molecule has 0 spiro atoms. The average Bonchev–Trinajstić information content (AvgIpc) is 3.42. The highest BCUT2D eigenvalue weighted by Crippen LogP contribution is 2.42. The van der Waals surface area contributed by atoms with Crippen molar-refractivity contribution in [1.82, 2.24) is 14.7 Å². The van der Waals surface area contributed by atoms with Crippen molar-refractivity contribution in [2.75, 3.05) is 7.05 Å². The van der Waals surface area contributed by atoms with Crippen molar-refractivity contribution in [1.29, 1.82) is 0 Å². The minimum absolute atomic E-state index is 0.140. The summed E-state index contributed by atoms with van der Waals surface area (Å²) in [7, 11) is 1.69. The molecule has 1 saturated carbocycles. The second-order valence-electron chi connectivity index (χ2n) is 6.86. The molecule has 1 aliphatic rings. The summed E-state index contributed by atoms with van der Waals surface area (Å²) in [5.74, 6) is -0.110. The third kappa shape index (κ3) is 3.67. The minimum atomic E-state index is -0.319. The molecule has 0 saturated heterocycles. The molecule has 0 unspecified atom stereocenters. The molecule has 1 heterocycles. The van der Waals surface area contributed by atoms with Gasteiger partial charge in [0.05, 0.1) is 23.1 Å². The fourth-order valence-corrected chi connectivity index (χ4v) is 3.65. The van der Waals surface area contributed by atoms with E-state index in [1.54, 1.807) is 30.3 Å². The lowest BCUT2D eigenvalue weighted by Gasteiger charge is -2.18. The Morgan fingerprint density at radius 3 is 2.70 bits per heavy atom. The number of aromatic nitrogens is 2. The third-order valence-corrected chi connectivity index (χ3v) is 5.26. The number of nitrogens with zero attached hydrogens (tertiary/aromatic N) is 3. The van der Waals surface area contributed by atoms with Crippen molar-refractivity contribution >= 4 is 21.8 Å². The molecule has 6 heteroatoms. The highest BCUT2D eigenvalue weighted by Gasteiger charge is 2.33. The summed E-state index contributed by atoms with van der Waals surface area (Å²) in [4.78, 5) is 14.6. The van der Waals surface area contributed by atoms with E-state index in [0.717, 1.165) is 28.7 Å². The summed E-state index contributed by atoms with van der Waals surface area (Å²) in [5, 5.41) is 4.48. The highest BCUT2D eigenvalue weighted by atomic mass is 79.9. The Kier molecular flexibility index (Phi) is 4.83. The second-order valence-corrected chi connectivity index (χ2v) is 7.78. The first kappa shape index (κ1) is 17.9. The summed E-state index contributed by atoms with van der Waals surface area (Å²) < 4.78 is 16.7. The van der Waals surface area contributed by atoms with Gasteiger partial charge in [0.15, 0.2) is 0 Å². The summed E-state index contributed by atoms with van der Waals surface area (Å²) >= 11 is 3.35. The van der Waals surface area contributed by atoms with E-state index >= 15 is 0 Å². The summed E-state index contributed by atoms with van der Waals surface area (Å²) in [5.41, 5.74) is 2.97. The molecule has 1 fully saturated rings. The Bertz CT molecular complexity index is 982. The maximum Gasteiger partial charge on any atom is 0.257 e. The Labute approximate surface area is 165 Å². The van der Waals surface area contributed by atoms with Gasteiger partial charge in [-0.15, -0.1) is 0 Å². The zero-order valence-corrected chi connectivity index (χ0v) is 16.5. The monoisotopic (exact) mass is 427 g/mol. The number of para-hydroxylation sites is 1. The van der Waals surface area contributed by atoms with E-state index in [2.05, 4.69) is 21.0 Å². The molecule has 2 aromatic carbocycles. The minimum Gasteiger partial charge on any atom is -0.337 e. The van der Waals surface area contributed by atoms with Gasteiger partial charge in [-0.25, -0.2) is 9.07 Å². The summed E-state index contributed by atoms with van der Waals surface area (Å²) in [6, 6.07) is 14.6. The maximum absolute atomic E-state index is 14.1. The van der Waals surface area contributed by atoms with Crippen LogP contribution in [0.3, 0.4) is 0 Å². The van der Waals surface area contributed by atoms with Crippen molar-refractivity contribution in [3.8, 4) is 5.69 Å². The second kappa shape index (κ2) is 7.27. The fourth-order valence-electron chi connectivity index (χ4n) is 3.24. The van der Waals surface area contributed by atoms with Gasteiger partial charge in [-0.1, -0.05) is 34.1 Å². The van der Waals surface area contributed by atoms with E-state index in [0.29, 0.717) is 17.0 Å². The number of halogens is 2. The van der Waals surface area contributed by atoms with E-state index in [1.807, 2.05) is 35.0 Å². The van der Waals surface area contributed by atoms with Crippen LogP contribution in [0.4, 0.5) is 4.39 Å². The van der Waals surface area contributed by atoms with Crippen LogP contribution in [0.1, 0.15) is 40.4 Å². The van der Waals surface area contributed by atoms with Gasteiger partial charge < -0.3 is 4.90 Å². The van der Waals surface area contributed by atoms with Crippen LogP contribution in [-0.4, -0.2) is 27.6 Å². The molecular weight excluding hydrogens is 409 g/mol. The first-order valence-electron chi connectivity index (χ1n) is 8.87. The van der Waals surface area contributed by atoms with Gasteiger partial charge in [0.1, 0.15) is 5.82 Å². The first-order valence-corrected chi connectivity index (χ1v) is 9.66. The summed E-state index contributed by atoms with van der Waals surface area (Å²) in [6.45, 7) is 0.199. The fraction of sp³-hybridized carbons (Fsp3) is 0.238. The van der Waals surface area contributed by atoms with Gasteiger partial charge in [-0.05, 0) is 43.2 Å². The largest absolute Gasteiger partial charge is 0.337 e. The molecule has 3 aromatic rings. The standard InChI is InChI=1S/C21H19BrFN3O/c1-25(13-15-11-16(22)9-10-19(15)23)21(27)18-12-24-26(20(18)14-7-8-14)17-5-3-2-4-6-17/h2-6,9-12,14H,7-8,13H2,1H3. The molecule has 1 aliphatic carbocycles. The molecule has 0 atom stereocenters. The highest BCUT2D eigenvalue weighted by molar-refractivity contribution is 9.10. The van der Waals surface area contributed by atoms with E-state index in [4.69, 9.17) is 0 Å². The average molecular weight is 428 g/mol. The lowest BCUT2D eigenvalue weighted by atomic mass is 10.1. The number of carbonyl (C=O) groups is 1. The van der Waals surface area contributed by atoms with Gasteiger partial charge in [0.25, 0.3) is 5.91 Å². The number of rotatable bonds is 5. The van der Waals surface area contributed by atoms with E-state index in [9.17, 15) is 9.18 Å². The Balaban J connectivity index is 1.64. The molecule has 27 heavy (non-hydrogen) atoms. The van der Waals surface area contributed by atoms with Crippen LogP contribution in [0.15, 0.2) is 59.2 Å². The number of carbonyl (C=O) groups excluding carboxylic acids is 1. The van der Waals surface area contributed by atoms with E-state index in [-0.39, 0.29) is 18.3 Å². The quantitative estimate of drug-likeness (QED) is 0.579. The van der Waals surface area contributed by atoms with E-state index in [1.165, 1.54) is 6.07 Å². The first-order chi connectivity index (χ1) is 13.0. The molecule has 0 bridgehead atoms. The maximum atomic E-state index is 14.1. The number of amides is 1. The van der Waals surface area contributed by atoms with Gasteiger partial charge in [0, 0.05) is 29.5 Å². The van der Waals surface area contributed by atoms with Gasteiger partial charge in [0.2, 0.25) is 0 Å². The predicted molar refractivity (Wildman–Crippen MR) is 105 cm³/mol.